The molecule has 0 aliphatic carbocycles. The lowest BCUT2D eigenvalue weighted by Gasteiger charge is -2.09. The van der Waals surface area contributed by atoms with Crippen LogP contribution in [-0.2, 0) is 13.0 Å². The van der Waals surface area contributed by atoms with E-state index in [9.17, 15) is 4.79 Å². The zero-order valence-electron chi connectivity index (χ0n) is 14.5. The number of fused-ring (bicyclic) bond motifs is 3. The van der Waals surface area contributed by atoms with Crippen LogP contribution in [0.25, 0.3) is 21.8 Å². The highest BCUT2D eigenvalue weighted by molar-refractivity contribution is 9.10. The highest BCUT2D eigenvalue weighted by Crippen LogP contribution is 2.33. The Labute approximate surface area is 160 Å². The van der Waals surface area contributed by atoms with Gasteiger partial charge in [0.15, 0.2) is 0 Å². The van der Waals surface area contributed by atoms with Crippen molar-refractivity contribution in [1.29, 1.82) is 0 Å². The van der Waals surface area contributed by atoms with E-state index >= 15 is 0 Å². The number of carbonyl (C=O) groups excluding carboxylic acids is 1. The molecule has 4 aromatic rings. The highest BCUT2D eigenvalue weighted by Gasteiger charge is 2.16. The summed E-state index contributed by atoms with van der Waals surface area (Å²) in [4.78, 5) is 12.0. The molecule has 0 spiro atoms. The third kappa shape index (κ3) is 2.80. The number of nitrogens with two attached hydrogens (primary N) is 1. The number of primary amides is 1. The number of aromatic nitrogens is 1. The summed E-state index contributed by atoms with van der Waals surface area (Å²) in [6, 6.07) is 20.5. The van der Waals surface area contributed by atoms with Crippen LogP contribution in [0.4, 0.5) is 0 Å². The van der Waals surface area contributed by atoms with Gasteiger partial charge >= 0.3 is 0 Å². The maximum atomic E-state index is 12.0. The average Bonchev–Trinajstić information content (AvgIpc) is 2.95. The lowest BCUT2D eigenvalue weighted by molar-refractivity contribution is 0.100. The molecular formula is C22H19BrN2O. The first-order chi connectivity index (χ1) is 12.6. The zero-order valence-corrected chi connectivity index (χ0v) is 16.1. The average molecular weight is 407 g/mol. The normalized spacial score (nSPS) is 11.3. The van der Waals surface area contributed by atoms with Gasteiger partial charge < -0.3 is 10.3 Å². The first kappa shape index (κ1) is 16.9. The molecule has 0 radical (unpaired) electrons. The molecule has 0 unspecified atom stereocenters. The summed E-state index contributed by atoms with van der Waals surface area (Å²) in [5.41, 5.74) is 10.9. The number of nitrogens with zero attached hydrogens (tertiary/aromatic N) is 1. The summed E-state index contributed by atoms with van der Waals surface area (Å²) < 4.78 is 3.33. The van der Waals surface area contributed by atoms with E-state index in [1.165, 1.54) is 11.1 Å². The molecule has 3 nitrogen and oxygen atoms in total. The second-order valence-electron chi connectivity index (χ2n) is 6.49. The van der Waals surface area contributed by atoms with Crippen LogP contribution in [0.2, 0.25) is 0 Å². The van der Waals surface area contributed by atoms with E-state index in [2.05, 4.69) is 63.8 Å². The number of aryl methyl sites for hydroxylation is 1. The fourth-order valence-corrected chi connectivity index (χ4v) is 4.05. The van der Waals surface area contributed by atoms with Gasteiger partial charge in [-0.05, 0) is 47.9 Å². The summed E-state index contributed by atoms with van der Waals surface area (Å²) in [6.07, 6.45) is 0.969. The van der Waals surface area contributed by atoms with Gasteiger partial charge in [0.2, 0.25) is 5.91 Å². The van der Waals surface area contributed by atoms with Gasteiger partial charge in [-0.2, -0.15) is 0 Å². The smallest absolute Gasteiger partial charge is 0.249 e. The molecule has 2 N–H and O–H groups in total. The Bertz CT molecular complexity index is 1140. The molecule has 0 fully saturated rings. The van der Waals surface area contributed by atoms with Crippen molar-refractivity contribution in [2.75, 3.05) is 0 Å². The van der Waals surface area contributed by atoms with Gasteiger partial charge in [-0.25, -0.2) is 0 Å². The Morgan fingerprint density at radius 1 is 1.00 bits per heavy atom. The van der Waals surface area contributed by atoms with Gasteiger partial charge in [-0.15, -0.1) is 0 Å². The van der Waals surface area contributed by atoms with Gasteiger partial charge in [-0.3, -0.25) is 4.79 Å². The summed E-state index contributed by atoms with van der Waals surface area (Å²) in [5.74, 6) is -0.392. The molecule has 1 amide bonds. The maximum absolute atomic E-state index is 12.0. The molecule has 0 saturated carbocycles. The molecule has 0 bridgehead atoms. The van der Waals surface area contributed by atoms with Crippen LogP contribution < -0.4 is 5.73 Å². The van der Waals surface area contributed by atoms with Gasteiger partial charge in [-0.1, -0.05) is 53.2 Å². The summed E-state index contributed by atoms with van der Waals surface area (Å²) >= 11 is 3.55. The third-order valence-corrected chi connectivity index (χ3v) is 5.35. The first-order valence-corrected chi connectivity index (χ1v) is 9.46. The fourth-order valence-electron chi connectivity index (χ4n) is 3.60. The fraction of sp³-hybridized carbons (Fsp3) is 0.136. The Balaban J connectivity index is 2.05. The van der Waals surface area contributed by atoms with Gasteiger partial charge in [0.25, 0.3) is 0 Å². The van der Waals surface area contributed by atoms with Crippen molar-refractivity contribution in [3.8, 4) is 0 Å². The predicted molar refractivity (Wildman–Crippen MR) is 111 cm³/mol. The summed E-state index contributed by atoms with van der Waals surface area (Å²) in [5, 5.41) is 2.01. The lowest BCUT2D eigenvalue weighted by atomic mass is 10.0. The topological polar surface area (TPSA) is 48.0 Å². The standard InChI is InChI=1S/C22H19BrN2O/c1-2-14-9-10-17-20(12-14)25(13-15-5-3-6-16(23)11-15)19-8-4-7-18(21(17)19)22(24)26/h3-12H,2,13H2,1H3,(H2,24,26). The van der Waals surface area contributed by atoms with Crippen LogP contribution in [-0.4, -0.2) is 10.5 Å². The Kier molecular flexibility index (Phi) is 4.29. The molecular weight excluding hydrogens is 388 g/mol. The number of benzene rings is 3. The Hall–Kier alpha value is -2.59. The van der Waals surface area contributed by atoms with Crippen molar-refractivity contribution in [2.45, 2.75) is 19.9 Å². The van der Waals surface area contributed by atoms with Crippen LogP contribution in [0.1, 0.15) is 28.4 Å². The minimum absolute atomic E-state index is 0.392. The molecule has 0 aliphatic heterocycles. The molecule has 0 saturated heterocycles. The number of halogens is 1. The molecule has 26 heavy (non-hydrogen) atoms. The molecule has 0 aliphatic rings. The van der Waals surface area contributed by atoms with Crippen LogP contribution >= 0.6 is 15.9 Å². The molecule has 4 heteroatoms. The Morgan fingerprint density at radius 2 is 1.81 bits per heavy atom. The van der Waals surface area contributed by atoms with Gasteiger partial charge in [0, 0.05) is 32.9 Å². The zero-order chi connectivity index (χ0) is 18.3. The van der Waals surface area contributed by atoms with Crippen molar-refractivity contribution >= 4 is 43.6 Å². The van der Waals surface area contributed by atoms with Crippen LogP contribution in [0, 0.1) is 0 Å². The van der Waals surface area contributed by atoms with E-state index in [1.807, 2.05) is 18.2 Å². The predicted octanol–water partition coefficient (Wildman–Crippen LogP) is 5.27. The first-order valence-electron chi connectivity index (χ1n) is 8.66. The molecule has 130 valence electrons. The molecule has 0 atom stereocenters. The second-order valence-corrected chi connectivity index (χ2v) is 7.40. The van der Waals surface area contributed by atoms with Crippen LogP contribution in [0.15, 0.2) is 65.1 Å². The van der Waals surface area contributed by atoms with Crippen LogP contribution in [0.3, 0.4) is 0 Å². The molecule has 1 aromatic heterocycles. The lowest BCUT2D eigenvalue weighted by Crippen LogP contribution is -2.11. The van der Waals surface area contributed by atoms with Crippen molar-refractivity contribution < 1.29 is 4.79 Å². The van der Waals surface area contributed by atoms with E-state index in [0.29, 0.717) is 5.56 Å². The van der Waals surface area contributed by atoms with Crippen molar-refractivity contribution in [1.82, 2.24) is 4.57 Å². The molecule has 4 rings (SSSR count). The van der Waals surface area contributed by atoms with Gasteiger partial charge in [0.05, 0.1) is 5.52 Å². The number of carbonyl (C=O) groups is 1. The van der Waals surface area contributed by atoms with E-state index in [4.69, 9.17) is 5.73 Å². The van der Waals surface area contributed by atoms with E-state index in [-0.39, 0.29) is 0 Å². The van der Waals surface area contributed by atoms with Crippen molar-refractivity contribution in [3.63, 3.8) is 0 Å². The monoisotopic (exact) mass is 406 g/mol. The molecule has 1 heterocycles. The summed E-state index contributed by atoms with van der Waals surface area (Å²) in [7, 11) is 0. The number of hydrogen-bond acceptors (Lipinski definition) is 1. The van der Waals surface area contributed by atoms with E-state index in [0.717, 1.165) is 39.2 Å². The quantitative estimate of drug-likeness (QED) is 0.493. The number of amides is 1. The van der Waals surface area contributed by atoms with Crippen molar-refractivity contribution in [2.24, 2.45) is 5.73 Å². The van der Waals surface area contributed by atoms with E-state index in [1.54, 1.807) is 6.07 Å². The largest absolute Gasteiger partial charge is 0.366 e. The second kappa shape index (κ2) is 6.61. The highest BCUT2D eigenvalue weighted by atomic mass is 79.9. The number of rotatable bonds is 4. The minimum atomic E-state index is -0.392. The summed E-state index contributed by atoms with van der Waals surface area (Å²) in [6.45, 7) is 2.88. The minimum Gasteiger partial charge on any atom is -0.366 e. The maximum Gasteiger partial charge on any atom is 0.249 e. The van der Waals surface area contributed by atoms with Crippen molar-refractivity contribution in [3.05, 3.63) is 81.8 Å². The van der Waals surface area contributed by atoms with Crippen LogP contribution in [0.5, 0.6) is 0 Å². The van der Waals surface area contributed by atoms with E-state index < -0.39 is 5.91 Å². The third-order valence-electron chi connectivity index (χ3n) is 4.86. The molecule has 3 aromatic carbocycles. The Morgan fingerprint density at radius 3 is 2.54 bits per heavy atom. The van der Waals surface area contributed by atoms with Gasteiger partial charge in [0.1, 0.15) is 0 Å². The number of hydrogen-bond donors (Lipinski definition) is 1. The SMILES string of the molecule is CCc1ccc2c3c(C(N)=O)cccc3n(Cc3cccc(Br)c3)c2c1.